The molecule has 1 unspecified atom stereocenters. The number of hydrogen-bond donors (Lipinski definition) is 0. The number of rotatable bonds is 6. The predicted molar refractivity (Wildman–Crippen MR) is 103 cm³/mol. The van der Waals surface area contributed by atoms with Crippen LogP contribution in [0.5, 0.6) is 0 Å². The van der Waals surface area contributed by atoms with E-state index < -0.39 is 0 Å². The lowest BCUT2D eigenvalue weighted by atomic mass is 9.46. The second-order valence-electron chi connectivity index (χ2n) is 9.15. The van der Waals surface area contributed by atoms with Gasteiger partial charge >= 0.3 is 5.97 Å². The van der Waals surface area contributed by atoms with Crippen LogP contribution in [0.4, 0.5) is 0 Å². The number of Topliss-reactive ketones (excluding diaryl/α,β-unsaturated/α-hetero) is 1. The van der Waals surface area contributed by atoms with Gasteiger partial charge in [0.1, 0.15) is 5.78 Å². The molecule has 0 aromatic carbocycles. The number of fused-ring (bicyclic) bond motifs is 1. The van der Waals surface area contributed by atoms with Gasteiger partial charge in [-0.05, 0) is 74.1 Å². The van der Waals surface area contributed by atoms with Crippen molar-refractivity contribution in [1.29, 1.82) is 0 Å². The second kappa shape index (κ2) is 7.31. The second-order valence-corrected chi connectivity index (χ2v) is 9.15. The monoisotopic (exact) mass is 373 g/mol. The van der Waals surface area contributed by atoms with E-state index in [1.165, 1.54) is 7.11 Å². The van der Waals surface area contributed by atoms with E-state index >= 15 is 0 Å². The van der Waals surface area contributed by atoms with Gasteiger partial charge in [0.2, 0.25) is 0 Å². The van der Waals surface area contributed by atoms with Crippen molar-refractivity contribution in [2.45, 2.75) is 58.8 Å². The Morgan fingerprint density at radius 1 is 1.41 bits per heavy atom. The van der Waals surface area contributed by atoms with Crippen molar-refractivity contribution >= 4 is 11.8 Å². The average molecular weight is 373 g/mol. The minimum Gasteiger partial charge on any atom is -0.469 e. The van der Waals surface area contributed by atoms with Crippen LogP contribution < -0.4 is 0 Å². The Morgan fingerprint density at radius 3 is 2.78 bits per heavy atom. The Labute approximate surface area is 161 Å². The summed E-state index contributed by atoms with van der Waals surface area (Å²) in [6.45, 7) is 8.86. The van der Waals surface area contributed by atoms with E-state index in [0.717, 1.165) is 44.1 Å². The summed E-state index contributed by atoms with van der Waals surface area (Å²) in [5.74, 6) is 0.904. The number of nitrogens with zero attached hydrogens (tertiary/aromatic N) is 3. The van der Waals surface area contributed by atoms with E-state index in [0.29, 0.717) is 24.0 Å². The Balaban J connectivity index is 1.95. The molecule has 0 aromatic rings. The molecule has 2 bridgehead atoms. The molecule has 0 N–H and O–H groups in total. The summed E-state index contributed by atoms with van der Waals surface area (Å²) in [5, 5.41) is 3.73. The fraction of sp³-hybridized carbons (Fsp3) is 0.810. The van der Waals surface area contributed by atoms with Crippen molar-refractivity contribution < 1.29 is 14.3 Å². The SMILES string of the molecule is C=C(C)[C@H]1CC[C@@]23C[C@H](CC[C@H]2[C@]1(C)CCC(=O)OC)C(CN=[N+]=[N-])C3=O. The van der Waals surface area contributed by atoms with Gasteiger partial charge in [-0.1, -0.05) is 24.2 Å². The molecule has 6 atom stereocenters. The summed E-state index contributed by atoms with van der Waals surface area (Å²) < 4.78 is 4.89. The van der Waals surface area contributed by atoms with Crippen molar-refractivity contribution in [2.75, 3.05) is 13.7 Å². The van der Waals surface area contributed by atoms with E-state index in [1.54, 1.807) is 0 Å². The van der Waals surface area contributed by atoms with Crippen molar-refractivity contribution in [2.24, 2.45) is 39.6 Å². The van der Waals surface area contributed by atoms with E-state index in [-0.39, 0.29) is 35.2 Å². The van der Waals surface area contributed by atoms with Crippen LogP contribution in [0.1, 0.15) is 58.8 Å². The molecule has 3 saturated carbocycles. The highest BCUT2D eigenvalue weighted by molar-refractivity contribution is 5.91. The van der Waals surface area contributed by atoms with Crippen LogP contribution in [0.25, 0.3) is 10.4 Å². The third-order valence-electron chi connectivity index (χ3n) is 8.02. The molecule has 0 amide bonds. The lowest BCUT2D eigenvalue weighted by Gasteiger charge is -2.57. The number of carbonyl (C=O) groups excluding carboxylic acids is 2. The molecule has 3 aliphatic rings. The maximum atomic E-state index is 13.5. The molecule has 0 aromatic heterocycles. The number of allylic oxidation sites excluding steroid dienone is 1. The molecule has 0 heterocycles. The van der Waals surface area contributed by atoms with E-state index in [4.69, 9.17) is 10.3 Å². The minimum atomic E-state index is -0.310. The molecule has 3 rings (SSSR count). The Kier molecular flexibility index (Phi) is 5.40. The molecule has 3 fully saturated rings. The Bertz CT molecular complexity index is 699. The lowest BCUT2D eigenvalue weighted by Crippen LogP contribution is -2.53. The predicted octanol–water partition coefficient (Wildman–Crippen LogP) is 4.84. The van der Waals surface area contributed by atoms with E-state index in [2.05, 4.69) is 30.5 Å². The normalized spacial score (nSPS) is 40.0. The van der Waals surface area contributed by atoms with Gasteiger partial charge in [-0.2, -0.15) is 0 Å². The first-order valence-electron chi connectivity index (χ1n) is 10.1. The standard InChI is InChI=1S/C21H31N3O3/c1-13(2)16-7-10-21-11-14(15(19(21)26)12-23-24-22)5-6-17(21)20(16,3)9-8-18(25)27-4/h14-17H,1,5-12H2,2-4H3/t14-,15?,16+,17-,20+,21+/m0/s1. The number of azide groups is 1. The first-order chi connectivity index (χ1) is 12.8. The quantitative estimate of drug-likeness (QED) is 0.219. The highest BCUT2D eigenvalue weighted by atomic mass is 16.5. The van der Waals surface area contributed by atoms with Gasteiger partial charge in [-0.25, -0.2) is 0 Å². The summed E-state index contributed by atoms with van der Waals surface area (Å²) in [5.41, 5.74) is 9.41. The van der Waals surface area contributed by atoms with Crippen LogP contribution in [-0.4, -0.2) is 25.4 Å². The number of esters is 1. The smallest absolute Gasteiger partial charge is 0.305 e. The summed E-state index contributed by atoms with van der Waals surface area (Å²) >= 11 is 0. The van der Waals surface area contributed by atoms with Gasteiger partial charge in [-0.3, -0.25) is 9.59 Å². The molecule has 6 nitrogen and oxygen atoms in total. The summed E-state index contributed by atoms with van der Waals surface area (Å²) in [6.07, 6.45) is 5.86. The highest BCUT2D eigenvalue weighted by Crippen LogP contribution is 2.68. The minimum absolute atomic E-state index is 0.128. The maximum absolute atomic E-state index is 13.5. The number of ketones is 1. The average Bonchev–Trinajstić information content (AvgIpc) is 2.84. The highest BCUT2D eigenvalue weighted by Gasteiger charge is 2.65. The van der Waals surface area contributed by atoms with Gasteiger partial charge in [0, 0.05) is 29.2 Å². The zero-order chi connectivity index (χ0) is 19.8. The first kappa shape index (κ1) is 19.9. The van der Waals surface area contributed by atoms with Crippen LogP contribution in [0, 0.1) is 34.5 Å². The Hall–Kier alpha value is -1.81. The number of ether oxygens (including phenoxy) is 1. The zero-order valence-electron chi connectivity index (χ0n) is 16.7. The molecule has 0 aliphatic heterocycles. The van der Waals surface area contributed by atoms with Crippen molar-refractivity contribution in [3.63, 3.8) is 0 Å². The van der Waals surface area contributed by atoms with Crippen LogP contribution in [0.2, 0.25) is 0 Å². The number of carbonyl (C=O) groups is 2. The molecule has 0 saturated heterocycles. The zero-order valence-corrected chi connectivity index (χ0v) is 16.7. The maximum Gasteiger partial charge on any atom is 0.305 e. The fourth-order valence-corrected chi connectivity index (χ4v) is 6.89. The van der Waals surface area contributed by atoms with Gasteiger partial charge in [0.25, 0.3) is 0 Å². The summed E-state index contributed by atoms with van der Waals surface area (Å²) in [6, 6.07) is 0. The van der Waals surface area contributed by atoms with E-state index in [9.17, 15) is 9.59 Å². The van der Waals surface area contributed by atoms with Crippen molar-refractivity contribution in [3.8, 4) is 0 Å². The molecule has 1 spiro atoms. The molecule has 27 heavy (non-hydrogen) atoms. The topological polar surface area (TPSA) is 92.1 Å². The van der Waals surface area contributed by atoms with Crippen LogP contribution in [-0.2, 0) is 14.3 Å². The van der Waals surface area contributed by atoms with Crippen LogP contribution in [0.15, 0.2) is 17.3 Å². The van der Waals surface area contributed by atoms with Crippen LogP contribution >= 0.6 is 0 Å². The largest absolute Gasteiger partial charge is 0.469 e. The fourth-order valence-electron chi connectivity index (χ4n) is 6.89. The van der Waals surface area contributed by atoms with Gasteiger partial charge in [0.15, 0.2) is 0 Å². The van der Waals surface area contributed by atoms with E-state index in [1.807, 2.05) is 0 Å². The van der Waals surface area contributed by atoms with Crippen LogP contribution in [0.3, 0.4) is 0 Å². The summed E-state index contributed by atoms with van der Waals surface area (Å²) in [4.78, 5) is 28.3. The van der Waals surface area contributed by atoms with Gasteiger partial charge in [-0.15, -0.1) is 0 Å². The Morgan fingerprint density at radius 2 is 2.15 bits per heavy atom. The number of hydrogen-bond acceptors (Lipinski definition) is 4. The lowest BCUT2D eigenvalue weighted by molar-refractivity contribution is -0.147. The molecule has 148 valence electrons. The third-order valence-corrected chi connectivity index (χ3v) is 8.02. The van der Waals surface area contributed by atoms with Gasteiger partial charge in [0.05, 0.1) is 7.11 Å². The number of methoxy groups -OCH3 is 1. The summed E-state index contributed by atoms with van der Waals surface area (Å²) in [7, 11) is 1.43. The van der Waals surface area contributed by atoms with Gasteiger partial charge < -0.3 is 4.74 Å². The first-order valence-corrected chi connectivity index (χ1v) is 10.1. The van der Waals surface area contributed by atoms with Crippen molar-refractivity contribution in [3.05, 3.63) is 22.6 Å². The molecule has 0 radical (unpaired) electrons. The molecular formula is C21H31N3O3. The molecule has 3 aliphatic carbocycles. The molecule has 6 heteroatoms. The third kappa shape index (κ3) is 3.08. The molecular weight excluding hydrogens is 342 g/mol. The van der Waals surface area contributed by atoms with Crippen molar-refractivity contribution in [1.82, 2.24) is 0 Å².